The fourth-order valence-corrected chi connectivity index (χ4v) is 2.37. The molecule has 3 nitrogen and oxygen atoms in total. The van der Waals surface area contributed by atoms with Gasteiger partial charge in [0, 0.05) is 5.69 Å². The molecule has 0 spiro atoms. The highest BCUT2D eigenvalue weighted by molar-refractivity contribution is 5.96. The van der Waals surface area contributed by atoms with Crippen LogP contribution in [0.25, 0.3) is 0 Å². The number of rotatable bonds is 6. The van der Waals surface area contributed by atoms with Crippen LogP contribution in [0.5, 0.6) is 0 Å². The normalized spacial score (nSPS) is 11.9. The number of carbonyl (C=O) groups excluding carboxylic acids is 1. The molecule has 0 saturated carbocycles. The highest BCUT2D eigenvalue weighted by Gasteiger charge is 2.30. The molecule has 0 bridgehead atoms. The summed E-state index contributed by atoms with van der Waals surface area (Å²) in [6, 6.07) is 11.4. The number of ether oxygens (including phenoxy) is 1. The van der Waals surface area contributed by atoms with Gasteiger partial charge in [-0.3, -0.25) is 0 Å². The average molecular weight is 365 g/mol. The van der Waals surface area contributed by atoms with Crippen molar-refractivity contribution in [1.82, 2.24) is 0 Å². The van der Waals surface area contributed by atoms with Gasteiger partial charge in [-0.1, -0.05) is 32.0 Å². The van der Waals surface area contributed by atoms with Gasteiger partial charge in [0.2, 0.25) is 0 Å². The molecule has 0 amide bonds. The summed E-state index contributed by atoms with van der Waals surface area (Å²) >= 11 is 0. The van der Waals surface area contributed by atoms with Crippen molar-refractivity contribution in [3.63, 3.8) is 0 Å². The van der Waals surface area contributed by atoms with Gasteiger partial charge < -0.3 is 10.1 Å². The predicted octanol–water partition coefficient (Wildman–Crippen LogP) is 6.18. The summed E-state index contributed by atoms with van der Waals surface area (Å²) in [5.74, 6) is -0.508. The molecule has 0 aliphatic rings. The summed E-state index contributed by atoms with van der Waals surface area (Å²) in [4.78, 5) is 12.6. The Labute approximate surface area is 151 Å². The van der Waals surface area contributed by atoms with Crippen LogP contribution in [0.3, 0.4) is 0 Å². The van der Waals surface area contributed by atoms with Crippen molar-refractivity contribution >= 4 is 17.3 Å². The van der Waals surface area contributed by atoms with Crippen LogP contribution in [0.1, 0.15) is 49.5 Å². The van der Waals surface area contributed by atoms with Crippen molar-refractivity contribution in [3.8, 4) is 0 Å². The van der Waals surface area contributed by atoms with Crippen LogP contribution in [-0.4, -0.2) is 11.6 Å². The predicted molar refractivity (Wildman–Crippen MR) is 95.6 cm³/mol. The molecule has 6 heteroatoms. The summed E-state index contributed by atoms with van der Waals surface area (Å²) in [5, 5.41) is 2.89. The zero-order valence-electron chi connectivity index (χ0n) is 15.0. The zero-order chi connectivity index (χ0) is 19.4. The molecule has 0 unspecified atom stereocenters. The van der Waals surface area contributed by atoms with Gasteiger partial charge in [0.1, 0.15) is 5.60 Å². The lowest BCUT2D eigenvalue weighted by molar-refractivity contribution is -0.137. The molecule has 0 aliphatic heterocycles. The Morgan fingerprint density at radius 3 is 2.31 bits per heavy atom. The molecule has 0 aliphatic carbocycles. The highest BCUT2D eigenvalue weighted by Crippen LogP contribution is 2.32. The lowest BCUT2D eigenvalue weighted by Gasteiger charge is -2.27. The summed E-state index contributed by atoms with van der Waals surface area (Å²) < 4.78 is 44.2. The topological polar surface area (TPSA) is 38.3 Å². The zero-order valence-corrected chi connectivity index (χ0v) is 15.0. The maximum absolute atomic E-state index is 12.9. The number of halogens is 3. The van der Waals surface area contributed by atoms with Gasteiger partial charge in [-0.15, -0.1) is 0 Å². The van der Waals surface area contributed by atoms with E-state index in [9.17, 15) is 18.0 Å². The summed E-state index contributed by atoms with van der Waals surface area (Å²) in [6.07, 6.45) is -3.10. The van der Waals surface area contributed by atoms with Crippen LogP contribution in [-0.2, 0) is 10.9 Å². The van der Waals surface area contributed by atoms with E-state index >= 15 is 0 Å². The van der Waals surface area contributed by atoms with Gasteiger partial charge in [-0.25, -0.2) is 4.79 Å². The molecule has 0 fully saturated rings. The van der Waals surface area contributed by atoms with Crippen LogP contribution in [0.2, 0.25) is 0 Å². The third-order valence-corrected chi connectivity index (χ3v) is 4.45. The second-order valence-corrected chi connectivity index (χ2v) is 6.30. The minimum Gasteiger partial charge on any atom is -0.456 e. The van der Waals surface area contributed by atoms with E-state index in [2.05, 4.69) is 5.32 Å². The Hall–Kier alpha value is -2.50. The first-order chi connectivity index (χ1) is 12.2. The Kier molecular flexibility index (Phi) is 5.95. The molecular weight excluding hydrogens is 343 g/mol. The van der Waals surface area contributed by atoms with E-state index in [0.29, 0.717) is 18.5 Å². The molecule has 2 aromatic carbocycles. The van der Waals surface area contributed by atoms with Crippen LogP contribution in [0.15, 0.2) is 48.5 Å². The number of benzene rings is 2. The molecule has 0 aromatic heterocycles. The number of para-hydroxylation sites is 1. The van der Waals surface area contributed by atoms with Crippen LogP contribution >= 0.6 is 0 Å². The van der Waals surface area contributed by atoms with Crippen molar-refractivity contribution in [2.45, 2.75) is 45.4 Å². The van der Waals surface area contributed by atoms with E-state index in [1.165, 1.54) is 12.1 Å². The lowest BCUT2D eigenvalue weighted by atomic mass is 10.00. The van der Waals surface area contributed by atoms with E-state index < -0.39 is 23.3 Å². The molecule has 1 N–H and O–H groups in total. The molecule has 0 saturated heterocycles. The fraction of sp³-hybridized carbons (Fsp3) is 0.350. The Bertz CT molecular complexity index is 768. The number of hydrogen-bond donors (Lipinski definition) is 1. The maximum Gasteiger partial charge on any atom is 0.416 e. The van der Waals surface area contributed by atoms with Gasteiger partial charge in [-0.05, 0) is 50.1 Å². The number of esters is 1. The molecule has 2 rings (SSSR count). The number of anilines is 2. The van der Waals surface area contributed by atoms with Crippen molar-refractivity contribution in [2.24, 2.45) is 0 Å². The number of hydrogen-bond acceptors (Lipinski definition) is 3. The van der Waals surface area contributed by atoms with E-state index in [1.807, 2.05) is 20.8 Å². The monoisotopic (exact) mass is 365 g/mol. The standard InChI is InChI=1S/C20H22F3NO2/c1-4-19(3,5-2)26-18(25)16-11-6-7-12-17(16)24-15-10-8-9-14(13-15)20(21,22)23/h6-13,24H,4-5H2,1-3H3. The molecule has 0 atom stereocenters. The molecule has 26 heavy (non-hydrogen) atoms. The van der Waals surface area contributed by atoms with Gasteiger partial charge in [0.25, 0.3) is 0 Å². The van der Waals surface area contributed by atoms with E-state index in [-0.39, 0.29) is 11.3 Å². The van der Waals surface area contributed by atoms with Crippen LogP contribution in [0.4, 0.5) is 24.5 Å². The number of nitrogens with one attached hydrogen (secondary N) is 1. The second-order valence-electron chi connectivity index (χ2n) is 6.30. The minimum absolute atomic E-state index is 0.244. The molecule has 2 aromatic rings. The number of carbonyl (C=O) groups is 1. The fourth-order valence-electron chi connectivity index (χ4n) is 2.37. The quantitative estimate of drug-likeness (QED) is 0.621. The smallest absolute Gasteiger partial charge is 0.416 e. The molecular formula is C20H22F3NO2. The van der Waals surface area contributed by atoms with Crippen molar-refractivity contribution in [3.05, 3.63) is 59.7 Å². The van der Waals surface area contributed by atoms with Crippen molar-refractivity contribution < 1.29 is 22.7 Å². The van der Waals surface area contributed by atoms with Crippen molar-refractivity contribution in [1.29, 1.82) is 0 Å². The van der Waals surface area contributed by atoms with Crippen LogP contribution < -0.4 is 5.32 Å². The molecule has 140 valence electrons. The average Bonchev–Trinajstić information content (AvgIpc) is 2.61. The summed E-state index contributed by atoms with van der Waals surface area (Å²) in [5.41, 5.74) is -0.425. The third kappa shape index (κ3) is 4.77. The maximum atomic E-state index is 12.9. The van der Waals surface area contributed by atoms with Crippen molar-refractivity contribution in [2.75, 3.05) is 5.32 Å². The Morgan fingerprint density at radius 2 is 1.69 bits per heavy atom. The van der Waals surface area contributed by atoms with Crippen LogP contribution in [0, 0.1) is 0 Å². The summed E-state index contributed by atoms with van der Waals surface area (Å²) in [6.45, 7) is 5.72. The first kappa shape index (κ1) is 19.8. The lowest BCUT2D eigenvalue weighted by Crippen LogP contribution is -2.30. The first-order valence-corrected chi connectivity index (χ1v) is 8.45. The van der Waals surface area contributed by atoms with E-state index in [4.69, 9.17) is 4.74 Å². The van der Waals surface area contributed by atoms with Gasteiger partial charge in [0.05, 0.1) is 16.8 Å². The Balaban J connectivity index is 2.29. The largest absolute Gasteiger partial charge is 0.456 e. The number of alkyl halides is 3. The van der Waals surface area contributed by atoms with E-state index in [0.717, 1.165) is 12.1 Å². The highest BCUT2D eigenvalue weighted by atomic mass is 19.4. The van der Waals surface area contributed by atoms with Gasteiger partial charge >= 0.3 is 12.1 Å². The first-order valence-electron chi connectivity index (χ1n) is 8.45. The van der Waals surface area contributed by atoms with E-state index in [1.54, 1.807) is 24.3 Å². The Morgan fingerprint density at radius 1 is 1.04 bits per heavy atom. The second kappa shape index (κ2) is 7.81. The van der Waals surface area contributed by atoms with Gasteiger partial charge in [-0.2, -0.15) is 13.2 Å². The molecule has 0 radical (unpaired) electrons. The van der Waals surface area contributed by atoms with Gasteiger partial charge in [0.15, 0.2) is 0 Å². The molecule has 0 heterocycles. The minimum atomic E-state index is -4.43. The SMILES string of the molecule is CCC(C)(CC)OC(=O)c1ccccc1Nc1cccc(C(F)(F)F)c1. The third-order valence-electron chi connectivity index (χ3n) is 4.45. The summed E-state index contributed by atoms with van der Waals surface area (Å²) in [7, 11) is 0.